The lowest BCUT2D eigenvalue weighted by Gasteiger charge is -2.32. The van der Waals surface area contributed by atoms with E-state index in [2.05, 4.69) is 44.7 Å². The summed E-state index contributed by atoms with van der Waals surface area (Å²) in [5.41, 5.74) is 2.97. The van der Waals surface area contributed by atoms with Crippen LogP contribution in [-0.2, 0) is 16.1 Å². The first-order chi connectivity index (χ1) is 14.3. The Labute approximate surface area is 181 Å². The second-order valence-corrected chi connectivity index (χ2v) is 8.48. The summed E-state index contributed by atoms with van der Waals surface area (Å²) < 4.78 is 5.38. The lowest BCUT2D eigenvalue weighted by molar-refractivity contribution is -0.144. The fourth-order valence-electron chi connectivity index (χ4n) is 3.99. The summed E-state index contributed by atoms with van der Waals surface area (Å²) in [5, 5.41) is 10.7. The number of phenolic OH excluding ortho intramolecular Hbond substituents is 1. The Balaban J connectivity index is 2.29. The van der Waals surface area contributed by atoms with Gasteiger partial charge >= 0.3 is 5.97 Å². The van der Waals surface area contributed by atoms with Crippen LogP contribution in [-0.4, -0.2) is 34.6 Å². The quantitative estimate of drug-likeness (QED) is 0.469. The van der Waals surface area contributed by atoms with E-state index in [0.29, 0.717) is 18.5 Å². The highest BCUT2D eigenvalue weighted by molar-refractivity contribution is 5.69. The van der Waals surface area contributed by atoms with E-state index in [4.69, 9.17) is 4.74 Å². The number of hydrogen-bond acceptors (Lipinski definition) is 4. The van der Waals surface area contributed by atoms with Crippen LogP contribution in [0.25, 0.3) is 0 Å². The van der Waals surface area contributed by atoms with Gasteiger partial charge in [0.05, 0.1) is 0 Å². The molecule has 0 saturated heterocycles. The molecule has 30 heavy (non-hydrogen) atoms. The van der Waals surface area contributed by atoms with E-state index < -0.39 is 0 Å². The Kier molecular flexibility index (Phi) is 9.38. The van der Waals surface area contributed by atoms with Crippen LogP contribution in [0.1, 0.15) is 76.5 Å². The average molecular weight is 412 g/mol. The molecule has 0 amide bonds. The number of rotatable bonds is 11. The van der Waals surface area contributed by atoms with Gasteiger partial charge < -0.3 is 9.84 Å². The van der Waals surface area contributed by atoms with E-state index >= 15 is 0 Å². The van der Waals surface area contributed by atoms with Crippen LogP contribution in [0.2, 0.25) is 0 Å². The third-order valence-corrected chi connectivity index (χ3v) is 5.53. The Morgan fingerprint density at radius 2 is 1.70 bits per heavy atom. The normalized spacial score (nSPS) is 12.5. The second-order valence-electron chi connectivity index (χ2n) is 8.48. The van der Waals surface area contributed by atoms with Gasteiger partial charge in [-0.3, -0.25) is 9.69 Å². The van der Waals surface area contributed by atoms with Crippen molar-refractivity contribution in [1.29, 1.82) is 0 Å². The fourth-order valence-corrected chi connectivity index (χ4v) is 3.99. The molecule has 1 unspecified atom stereocenters. The number of carbonyl (C=O) groups excluding carboxylic acids is 1. The molecule has 164 valence electrons. The van der Waals surface area contributed by atoms with E-state index in [1.54, 1.807) is 6.07 Å². The van der Waals surface area contributed by atoms with E-state index in [-0.39, 0.29) is 24.2 Å². The molecule has 0 spiro atoms. The number of ether oxygens (including phenoxy) is 1. The number of nitrogens with zero attached hydrogens (tertiary/aromatic N) is 1. The zero-order valence-electron chi connectivity index (χ0n) is 19.1. The van der Waals surface area contributed by atoms with Crippen molar-refractivity contribution in [3.63, 3.8) is 0 Å². The van der Waals surface area contributed by atoms with Crippen LogP contribution in [0.4, 0.5) is 0 Å². The number of phenols is 1. The highest BCUT2D eigenvalue weighted by Gasteiger charge is 2.21. The molecule has 0 aliphatic carbocycles. The Bertz CT molecular complexity index is 778. The number of carbonyl (C=O) groups is 1. The first-order valence-corrected chi connectivity index (χ1v) is 11.1. The molecular weight excluding hydrogens is 374 g/mol. The van der Waals surface area contributed by atoms with Crippen LogP contribution < -0.4 is 0 Å². The van der Waals surface area contributed by atoms with Gasteiger partial charge in [-0.2, -0.15) is 0 Å². The molecule has 0 aliphatic heterocycles. The first-order valence-electron chi connectivity index (χ1n) is 11.1. The van der Waals surface area contributed by atoms with Crippen molar-refractivity contribution in [2.45, 2.75) is 78.5 Å². The minimum absolute atomic E-state index is 0.0671. The molecule has 0 radical (unpaired) electrons. The number of esters is 1. The molecule has 1 atom stereocenters. The second kappa shape index (κ2) is 11.8. The van der Waals surface area contributed by atoms with Crippen LogP contribution >= 0.6 is 0 Å². The summed E-state index contributed by atoms with van der Waals surface area (Å²) in [7, 11) is 0. The van der Waals surface area contributed by atoms with Gasteiger partial charge in [-0.15, -0.1) is 0 Å². The van der Waals surface area contributed by atoms with Crippen molar-refractivity contribution in [3.8, 4) is 5.75 Å². The van der Waals surface area contributed by atoms with E-state index in [9.17, 15) is 9.90 Å². The van der Waals surface area contributed by atoms with Crippen LogP contribution in [0, 0.1) is 0 Å². The van der Waals surface area contributed by atoms with E-state index in [0.717, 1.165) is 30.5 Å². The summed E-state index contributed by atoms with van der Waals surface area (Å²) >= 11 is 0. The molecule has 0 fully saturated rings. The van der Waals surface area contributed by atoms with Gasteiger partial charge in [0.2, 0.25) is 0 Å². The minimum Gasteiger partial charge on any atom is -0.508 e. The number of aromatic hydroxyl groups is 1. The standard InChI is InChI=1S/C26H37NO3/c1-6-10-26(29)30-18-21-13-14-25(28)24(17-21)23(22-11-8-7-9-12-22)15-16-27(19(2)3)20(4)5/h7-9,11-14,17,19-20,23,28H,6,10,15-16,18H2,1-5H3. The molecule has 4 nitrogen and oxygen atoms in total. The maximum absolute atomic E-state index is 11.8. The predicted octanol–water partition coefficient (Wildman–Crippen LogP) is 5.88. The summed E-state index contributed by atoms with van der Waals surface area (Å²) in [5.74, 6) is 0.168. The first kappa shape index (κ1) is 23.9. The van der Waals surface area contributed by atoms with E-state index in [1.807, 2.05) is 37.3 Å². The SMILES string of the molecule is CCCC(=O)OCc1ccc(O)c(C(CCN(C(C)C)C(C)C)c2ccccc2)c1. The molecule has 4 heteroatoms. The monoisotopic (exact) mass is 411 g/mol. The molecule has 0 aromatic heterocycles. The van der Waals surface area contributed by atoms with Gasteiger partial charge in [0.15, 0.2) is 0 Å². The molecule has 2 aromatic rings. The van der Waals surface area contributed by atoms with Crippen molar-refractivity contribution < 1.29 is 14.6 Å². The van der Waals surface area contributed by atoms with Gasteiger partial charge in [0.1, 0.15) is 12.4 Å². The molecule has 0 aliphatic rings. The largest absolute Gasteiger partial charge is 0.508 e. The lowest BCUT2D eigenvalue weighted by atomic mass is 9.86. The third-order valence-electron chi connectivity index (χ3n) is 5.53. The average Bonchev–Trinajstić information content (AvgIpc) is 2.71. The van der Waals surface area contributed by atoms with E-state index in [1.165, 1.54) is 5.56 Å². The Morgan fingerprint density at radius 1 is 1.03 bits per heavy atom. The molecular formula is C26H37NO3. The summed E-state index contributed by atoms with van der Waals surface area (Å²) in [6, 6.07) is 16.8. The molecule has 2 rings (SSSR count). The topological polar surface area (TPSA) is 49.8 Å². The zero-order valence-corrected chi connectivity index (χ0v) is 19.1. The Hall–Kier alpha value is -2.33. The van der Waals surface area contributed by atoms with Crippen LogP contribution in [0.15, 0.2) is 48.5 Å². The molecule has 0 saturated carbocycles. The van der Waals surface area contributed by atoms with Gasteiger partial charge in [0.25, 0.3) is 0 Å². The molecule has 2 aromatic carbocycles. The minimum atomic E-state index is -0.184. The highest BCUT2D eigenvalue weighted by atomic mass is 16.5. The number of hydrogen-bond donors (Lipinski definition) is 1. The zero-order chi connectivity index (χ0) is 22.1. The fraction of sp³-hybridized carbons (Fsp3) is 0.500. The molecule has 1 N–H and O–H groups in total. The summed E-state index contributed by atoms with van der Waals surface area (Å²) in [4.78, 5) is 14.2. The van der Waals surface area contributed by atoms with Crippen LogP contribution in [0.3, 0.4) is 0 Å². The van der Waals surface area contributed by atoms with Crippen molar-refractivity contribution in [3.05, 3.63) is 65.2 Å². The molecule has 0 bridgehead atoms. The summed E-state index contributed by atoms with van der Waals surface area (Å²) in [6.07, 6.45) is 2.10. The maximum atomic E-state index is 11.8. The van der Waals surface area contributed by atoms with Gasteiger partial charge in [-0.05, 0) is 70.3 Å². The smallest absolute Gasteiger partial charge is 0.306 e. The van der Waals surface area contributed by atoms with Gasteiger partial charge in [-0.1, -0.05) is 43.3 Å². The lowest BCUT2D eigenvalue weighted by Crippen LogP contribution is -2.38. The van der Waals surface area contributed by atoms with Gasteiger partial charge in [0, 0.05) is 30.0 Å². The third kappa shape index (κ3) is 6.88. The Morgan fingerprint density at radius 3 is 2.30 bits per heavy atom. The highest BCUT2D eigenvalue weighted by Crippen LogP contribution is 2.35. The predicted molar refractivity (Wildman–Crippen MR) is 123 cm³/mol. The van der Waals surface area contributed by atoms with Gasteiger partial charge in [-0.25, -0.2) is 0 Å². The maximum Gasteiger partial charge on any atom is 0.306 e. The number of benzene rings is 2. The molecule has 0 heterocycles. The van der Waals surface area contributed by atoms with Crippen molar-refractivity contribution >= 4 is 5.97 Å². The van der Waals surface area contributed by atoms with Crippen molar-refractivity contribution in [2.24, 2.45) is 0 Å². The van der Waals surface area contributed by atoms with Crippen molar-refractivity contribution in [2.75, 3.05) is 6.54 Å². The van der Waals surface area contributed by atoms with Crippen molar-refractivity contribution in [1.82, 2.24) is 4.90 Å². The van der Waals surface area contributed by atoms with Crippen LogP contribution in [0.5, 0.6) is 5.75 Å². The summed E-state index contributed by atoms with van der Waals surface area (Å²) in [6.45, 7) is 12.0.